The summed E-state index contributed by atoms with van der Waals surface area (Å²) in [6, 6.07) is 8.70. The van der Waals surface area contributed by atoms with E-state index in [0.717, 1.165) is 6.42 Å². The molecule has 0 amide bonds. The molecule has 0 bridgehead atoms. The first-order valence-corrected chi connectivity index (χ1v) is 5.12. The van der Waals surface area contributed by atoms with Crippen LogP contribution in [0.2, 0.25) is 0 Å². The second-order valence-electron chi connectivity index (χ2n) is 3.61. The SMILES string of the molecule is CC=C(CC)c1ccc(N(C)C)cc1. The zero-order chi connectivity index (χ0) is 10.6. The minimum absolute atomic E-state index is 1.10. The predicted octanol–water partition coefficient (Wildman–Crippen LogP) is 3.57. The molecule has 0 unspecified atom stereocenters. The fraction of sp³-hybridized carbons (Fsp3) is 0.385. The van der Waals surface area contributed by atoms with Crippen LogP contribution < -0.4 is 4.90 Å². The van der Waals surface area contributed by atoms with Gasteiger partial charge in [-0.2, -0.15) is 0 Å². The van der Waals surface area contributed by atoms with E-state index in [9.17, 15) is 0 Å². The van der Waals surface area contributed by atoms with Gasteiger partial charge >= 0.3 is 0 Å². The molecule has 1 aromatic carbocycles. The van der Waals surface area contributed by atoms with Gasteiger partial charge in [-0.3, -0.25) is 0 Å². The number of allylic oxidation sites excluding steroid dienone is 2. The van der Waals surface area contributed by atoms with Gasteiger partial charge in [-0.05, 0) is 36.6 Å². The Morgan fingerprint density at radius 3 is 2.14 bits per heavy atom. The normalized spacial score (nSPS) is 11.6. The number of hydrogen-bond acceptors (Lipinski definition) is 1. The van der Waals surface area contributed by atoms with Crippen molar-refractivity contribution in [2.45, 2.75) is 20.3 Å². The topological polar surface area (TPSA) is 3.24 Å². The molecule has 0 fully saturated rings. The monoisotopic (exact) mass is 189 g/mol. The van der Waals surface area contributed by atoms with Gasteiger partial charge in [0.05, 0.1) is 0 Å². The Bertz CT molecular complexity index is 307. The average Bonchev–Trinajstić information content (AvgIpc) is 2.20. The van der Waals surface area contributed by atoms with Gasteiger partial charge in [-0.15, -0.1) is 0 Å². The number of rotatable bonds is 3. The molecular formula is C13H19N. The van der Waals surface area contributed by atoms with E-state index in [1.807, 2.05) is 0 Å². The van der Waals surface area contributed by atoms with Crippen molar-refractivity contribution in [3.63, 3.8) is 0 Å². The molecule has 0 atom stereocenters. The van der Waals surface area contributed by atoms with Crippen LogP contribution >= 0.6 is 0 Å². The van der Waals surface area contributed by atoms with Gasteiger partial charge in [-0.25, -0.2) is 0 Å². The summed E-state index contributed by atoms with van der Waals surface area (Å²) in [5.41, 5.74) is 4.00. The third kappa shape index (κ3) is 2.38. The van der Waals surface area contributed by atoms with Gasteiger partial charge in [0, 0.05) is 19.8 Å². The second-order valence-corrected chi connectivity index (χ2v) is 3.61. The first kappa shape index (κ1) is 10.8. The van der Waals surface area contributed by atoms with E-state index in [1.54, 1.807) is 0 Å². The number of nitrogens with zero attached hydrogens (tertiary/aromatic N) is 1. The molecule has 0 heterocycles. The Balaban J connectivity index is 2.93. The highest BCUT2D eigenvalue weighted by Crippen LogP contribution is 2.20. The van der Waals surface area contributed by atoms with Crippen molar-refractivity contribution in [2.75, 3.05) is 19.0 Å². The van der Waals surface area contributed by atoms with Gasteiger partial charge in [0.1, 0.15) is 0 Å². The molecule has 0 aromatic heterocycles. The Kier molecular flexibility index (Phi) is 3.75. The number of anilines is 1. The molecule has 1 heteroatoms. The van der Waals surface area contributed by atoms with Crippen LogP contribution in [-0.4, -0.2) is 14.1 Å². The third-order valence-corrected chi connectivity index (χ3v) is 2.48. The zero-order valence-electron chi connectivity index (χ0n) is 9.54. The lowest BCUT2D eigenvalue weighted by atomic mass is 10.0. The molecule has 0 spiro atoms. The van der Waals surface area contributed by atoms with E-state index in [1.165, 1.54) is 16.8 Å². The smallest absolute Gasteiger partial charge is 0.0361 e. The molecule has 1 aromatic rings. The van der Waals surface area contributed by atoms with Crippen molar-refractivity contribution < 1.29 is 0 Å². The van der Waals surface area contributed by atoms with Gasteiger partial charge < -0.3 is 4.90 Å². The molecule has 0 saturated heterocycles. The second kappa shape index (κ2) is 4.85. The van der Waals surface area contributed by atoms with E-state index in [0.29, 0.717) is 0 Å². The summed E-state index contributed by atoms with van der Waals surface area (Å²) in [7, 11) is 4.12. The summed E-state index contributed by atoms with van der Waals surface area (Å²) in [5.74, 6) is 0. The summed E-state index contributed by atoms with van der Waals surface area (Å²) in [4.78, 5) is 2.12. The van der Waals surface area contributed by atoms with Crippen molar-refractivity contribution in [1.82, 2.24) is 0 Å². The summed E-state index contributed by atoms with van der Waals surface area (Å²) in [6.45, 7) is 4.29. The molecule has 0 aliphatic rings. The van der Waals surface area contributed by atoms with Crippen LogP contribution in [0.3, 0.4) is 0 Å². The van der Waals surface area contributed by atoms with Crippen LogP contribution in [-0.2, 0) is 0 Å². The highest BCUT2D eigenvalue weighted by Gasteiger charge is 1.98. The highest BCUT2D eigenvalue weighted by atomic mass is 15.1. The molecule has 0 aliphatic heterocycles. The van der Waals surface area contributed by atoms with Gasteiger partial charge in [0.25, 0.3) is 0 Å². The Morgan fingerprint density at radius 2 is 1.79 bits per heavy atom. The van der Waals surface area contributed by atoms with E-state index >= 15 is 0 Å². The average molecular weight is 189 g/mol. The maximum atomic E-state index is 2.19. The molecule has 1 rings (SSSR count). The summed E-state index contributed by atoms with van der Waals surface area (Å²) in [5, 5.41) is 0. The molecule has 0 saturated carbocycles. The van der Waals surface area contributed by atoms with Crippen LogP contribution in [0.5, 0.6) is 0 Å². The lowest BCUT2D eigenvalue weighted by Gasteiger charge is -2.13. The minimum atomic E-state index is 1.10. The molecule has 1 nitrogen and oxygen atoms in total. The Hall–Kier alpha value is -1.24. The molecule has 0 radical (unpaired) electrons. The van der Waals surface area contributed by atoms with Crippen molar-refractivity contribution in [1.29, 1.82) is 0 Å². The van der Waals surface area contributed by atoms with Gasteiger partial charge in [-0.1, -0.05) is 25.1 Å². The van der Waals surface area contributed by atoms with Crippen LogP contribution in [0.1, 0.15) is 25.8 Å². The zero-order valence-corrected chi connectivity index (χ0v) is 9.54. The Morgan fingerprint density at radius 1 is 1.21 bits per heavy atom. The van der Waals surface area contributed by atoms with Crippen molar-refractivity contribution in [3.8, 4) is 0 Å². The molecule has 14 heavy (non-hydrogen) atoms. The third-order valence-electron chi connectivity index (χ3n) is 2.48. The van der Waals surface area contributed by atoms with Crippen LogP contribution in [0, 0.1) is 0 Å². The maximum absolute atomic E-state index is 2.19. The standard InChI is InChI=1S/C13H19N/c1-5-11(6-2)12-7-9-13(10-8-12)14(3)4/h5,7-10H,6H2,1-4H3. The number of hydrogen-bond donors (Lipinski definition) is 0. The van der Waals surface area contributed by atoms with Crippen LogP contribution in [0.4, 0.5) is 5.69 Å². The van der Waals surface area contributed by atoms with Crippen LogP contribution in [0.15, 0.2) is 30.3 Å². The van der Waals surface area contributed by atoms with E-state index in [-0.39, 0.29) is 0 Å². The van der Waals surface area contributed by atoms with Crippen molar-refractivity contribution >= 4 is 11.3 Å². The molecule has 76 valence electrons. The van der Waals surface area contributed by atoms with Crippen molar-refractivity contribution in [2.24, 2.45) is 0 Å². The van der Waals surface area contributed by atoms with Gasteiger partial charge in [0.15, 0.2) is 0 Å². The summed E-state index contributed by atoms with van der Waals surface area (Å²) >= 11 is 0. The summed E-state index contributed by atoms with van der Waals surface area (Å²) in [6.07, 6.45) is 3.28. The molecular weight excluding hydrogens is 170 g/mol. The van der Waals surface area contributed by atoms with Crippen molar-refractivity contribution in [3.05, 3.63) is 35.9 Å². The lowest BCUT2D eigenvalue weighted by molar-refractivity contribution is 1.13. The molecule has 0 N–H and O–H groups in total. The minimum Gasteiger partial charge on any atom is -0.378 e. The largest absolute Gasteiger partial charge is 0.378 e. The van der Waals surface area contributed by atoms with E-state index < -0.39 is 0 Å². The first-order chi connectivity index (χ1) is 6.69. The highest BCUT2D eigenvalue weighted by molar-refractivity contribution is 5.66. The Labute approximate surface area is 87.1 Å². The lowest BCUT2D eigenvalue weighted by Crippen LogP contribution is -2.08. The quantitative estimate of drug-likeness (QED) is 0.702. The van der Waals surface area contributed by atoms with E-state index in [2.05, 4.69) is 63.2 Å². The maximum Gasteiger partial charge on any atom is 0.0361 e. The fourth-order valence-electron chi connectivity index (χ4n) is 1.55. The van der Waals surface area contributed by atoms with Gasteiger partial charge in [0.2, 0.25) is 0 Å². The number of benzene rings is 1. The van der Waals surface area contributed by atoms with Crippen LogP contribution in [0.25, 0.3) is 5.57 Å². The predicted molar refractivity (Wildman–Crippen MR) is 64.7 cm³/mol. The van der Waals surface area contributed by atoms with E-state index in [4.69, 9.17) is 0 Å². The summed E-state index contributed by atoms with van der Waals surface area (Å²) < 4.78 is 0. The molecule has 0 aliphatic carbocycles. The fourth-order valence-corrected chi connectivity index (χ4v) is 1.55. The first-order valence-electron chi connectivity index (χ1n) is 5.12.